The van der Waals surface area contributed by atoms with Gasteiger partial charge in [0, 0.05) is 11.5 Å². The van der Waals surface area contributed by atoms with Gasteiger partial charge in [0.15, 0.2) is 0 Å². The summed E-state index contributed by atoms with van der Waals surface area (Å²) in [6, 6.07) is 4.16. The molecule has 0 aliphatic carbocycles. The van der Waals surface area contributed by atoms with Crippen molar-refractivity contribution in [3.63, 3.8) is 0 Å². The summed E-state index contributed by atoms with van der Waals surface area (Å²) < 4.78 is 0. The Kier molecular flexibility index (Phi) is 3.94. The van der Waals surface area contributed by atoms with E-state index in [1.807, 2.05) is 6.20 Å². The van der Waals surface area contributed by atoms with Crippen LogP contribution in [0.2, 0.25) is 0 Å². The first-order chi connectivity index (χ1) is 5.36. The van der Waals surface area contributed by atoms with Crippen LogP contribution in [0, 0.1) is 0 Å². The normalized spacial score (nSPS) is 10.0. The predicted octanol–water partition coefficient (Wildman–Crippen LogP) is 3.09. The summed E-state index contributed by atoms with van der Waals surface area (Å²) in [6.07, 6.45) is 1.91. The zero-order chi connectivity index (χ0) is 8.10. The zero-order valence-electron chi connectivity index (χ0n) is 6.38. The second kappa shape index (κ2) is 4.78. The van der Waals surface area contributed by atoms with Crippen LogP contribution in [0.3, 0.4) is 0 Å². The van der Waals surface area contributed by atoms with Gasteiger partial charge in [0.05, 0.1) is 5.03 Å². The summed E-state index contributed by atoms with van der Waals surface area (Å²) >= 11 is 5.14. The fraction of sp³-hybridized carbons (Fsp3) is 0.375. The van der Waals surface area contributed by atoms with Crippen molar-refractivity contribution >= 4 is 27.7 Å². The number of nitrogens with zero attached hydrogens (tertiary/aromatic N) is 1. The van der Waals surface area contributed by atoms with Crippen molar-refractivity contribution in [1.29, 1.82) is 0 Å². The molecule has 0 atom stereocenters. The van der Waals surface area contributed by atoms with Gasteiger partial charge in [0.25, 0.3) is 0 Å². The van der Waals surface area contributed by atoms with Crippen LogP contribution in [0.4, 0.5) is 0 Å². The molecule has 0 aliphatic heterocycles. The molecule has 1 aromatic rings. The Bertz CT molecular complexity index is 210. The lowest BCUT2D eigenvalue weighted by Gasteiger charge is -1.97. The Morgan fingerprint density at radius 3 is 2.82 bits per heavy atom. The summed E-state index contributed by atoms with van der Waals surface area (Å²) in [7, 11) is 0. The van der Waals surface area contributed by atoms with Gasteiger partial charge >= 0.3 is 0 Å². The molecule has 3 heteroatoms. The van der Waals surface area contributed by atoms with Gasteiger partial charge < -0.3 is 0 Å². The van der Waals surface area contributed by atoms with Crippen LogP contribution in [-0.2, 0) is 5.33 Å². The highest BCUT2D eigenvalue weighted by Gasteiger charge is 1.93. The third kappa shape index (κ3) is 2.83. The SMILES string of the molecule is CCSc1ccc(CBr)cn1. The number of aromatic nitrogens is 1. The smallest absolute Gasteiger partial charge is 0.0959 e. The molecule has 0 saturated heterocycles. The lowest BCUT2D eigenvalue weighted by atomic mass is 10.3. The maximum Gasteiger partial charge on any atom is 0.0959 e. The molecule has 0 spiro atoms. The first kappa shape index (κ1) is 9.07. The van der Waals surface area contributed by atoms with Crippen molar-refractivity contribution in [1.82, 2.24) is 4.98 Å². The van der Waals surface area contributed by atoms with Gasteiger partial charge in [0.1, 0.15) is 0 Å². The maximum atomic E-state index is 4.27. The van der Waals surface area contributed by atoms with E-state index in [0.29, 0.717) is 0 Å². The molecule has 1 rings (SSSR count). The molecule has 0 bridgehead atoms. The lowest BCUT2D eigenvalue weighted by Crippen LogP contribution is -1.82. The quantitative estimate of drug-likeness (QED) is 0.586. The van der Waals surface area contributed by atoms with Gasteiger partial charge in [-0.15, -0.1) is 11.8 Å². The predicted molar refractivity (Wildman–Crippen MR) is 53.3 cm³/mol. The van der Waals surface area contributed by atoms with Crippen molar-refractivity contribution in [2.45, 2.75) is 17.3 Å². The highest BCUT2D eigenvalue weighted by Crippen LogP contribution is 2.15. The van der Waals surface area contributed by atoms with E-state index in [-0.39, 0.29) is 0 Å². The molecule has 60 valence electrons. The van der Waals surface area contributed by atoms with Crippen molar-refractivity contribution in [3.05, 3.63) is 23.9 Å². The molecule has 0 fully saturated rings. The van der Waals surface area contributed by atoms with E-state index < -0.39 is 0 Å². The number of rotatable bonds is 3. The number of thioether (sulfide) groups is 1. The highest BCUT2D eigenvalue weighted by atomic mass is 79.9. The number of alkyl halides is 1. The van der Waals surface area contributed by atoms with E-state index >= 15 is 0 Å². The first-order valence-corrected chi connectivity index (χ1v) is 5.61. The van der Waals surface area contributed by atoms with Gasteiger partial charge in [-0.3, -0.25) is 0 Å². The monoisotopic (exact) mass is 231 g/mol. The molecule has 0 aliphatic rings. The Labute approximate surface area is 79.7 Å². The van der Waals surface area contributed by atoms with Crippen molar-refractivity contribution in [2.24, 2.45) is 0 Å². The number of halogens is 1. The van der Waals surface area contributed by atoms with E-state index in [9.17, 15) is 0 Å². The molecule has 0 aromatic carbocycles. The molecular formula is C8H10BrNS. The molecule has 1 heterocycles. The van der Waals surface area contributed by atoms with Crippen LogP contribution in [-0.4, -0.2) is 10.7 Å². The standard InChI is InChI=1S/C8H10BrNS/c1-2-11-8-4-3-7(5-9)6-10-8/h3-4,6H,2,5H2,1H3. The maximum absolute atomic E-state index is 4.27. The van der Waals surface area contributed by atoms with E-state index in [0.717, 1.165) is 16.1 Å². The van der Waals surface area contributed by atoms with E-state index in [1.54, 1.807) is 11.8 Å². The summed E-state index contributed by atoms with van der Waals surface area (Å²) in [5.74, 6) is 1.08. The van der Waals surface area contributed by atoms with Crippen molar-refractivity contribution < 1.29 is 0 Å². The molecule has 11 heavy (non-hydrogen) atoms. The van der Waals surface area contributed by atoms with Crippen LogP contribution in [0.5, 0.6) is 0 Å². The average Bonchev–Trinajstić information content (AvgIpc) is 2.07. The van der Waals surface area contributed by atoms with Crippen molar-refractivity contribution in [3.8, 4) is 0 Å². The van der Waals surface area contributed by atoms with Crippen molar-refractivity contribution in [2.75, 3.05) is 5.75 Å². The van der Waals surface area contributed by atoms with Crippen LogP contribution >= 0.6 is 27.7 Å². The Morgan fingerprint density at radius 1 is 1.55 bits per heavy atom. The van der Waals surface area contributed by atoms with Crippen LogP contribution in [0.25, 0.3) is 0 Å². The number of pyridine rings is 1. The summed E-state index contributed by atoms with van der Waals surface area (Å²) in [6.45, 7) is 2.13. The largest absolute Gasteiger partial charge is 0.250 e. The molecular weight excluding hydrogens is 222 g/mol. The third-order valence-corrected chi connectivity index (χ3v) is 2.72. The van der Waals surface area contributed by atoms with Crippen LogP contribution < -0.4 is 0 Å². The Balaban J connectivity index is 2.66. The topological polar surface area (TPSA) is 12.9 Å². The molecule has 0 radical (unpaired) electrons. The zero-order valence-corrected chi connectivity index (χ0v) is 8.78. The van der Waals surface area contributed by atoms with Gasteiger partial charge in [-0.05, 0) is 17.4 Å². The summed E-state index contributed by atoms with van der Waals surface area (Å²) in [5, 5.41) is 1.99. The van der Waals surface area contributed by atoms with E-state index in [4.69, 9.17) is 0 Å². The van der Waals surface area contributed by atoms with Gasteiger partial charge in [-0.1, -0.05) is 28.9 Å². The molecule has 0 unspecified atom stereocenters. The molecule has 0 saturated carbocycles. The van der Waals surface area contributed by atoms with Crippen LogP contribution in [0.15, 0.2) is 23.4 Å². The highest BCUT2D eigenvalue weighted by molar-refractivity contribution is 9.08. The first-order valence-electron chi connectivity index (χ1n) is 3.50. The van der Waals surface area contributed by atoms with Crippen LogP contribution in [0.1, 0.15) is 12.5 Å². The van der Waals surface area contributed by atoms with Gasteiger partial charge in [0.2, 0.25) is 0 Å². The Hall–Kier alpha value is -0.0200. The average molecular weight is 232 g/mol. The summed E-state index contributed by atoms with van der Waals surface area (Å²) in [4.78, 5) is 4.27. The minimum absolute atomic E-state index is 0.886. The lowest BCUT2D eigenvalue weighted by molar-refractivity contribution is 1.10. The number of hydrogen-bond donors (Lipinski definition) is 0. The second-order valence-corrected chi connectivity index (χ2v) is 3.92. The van der Waals surface area contributed by atoms with Gasteiger partial charge in [-0.2, -0.15) is 0 Å². The fourth-order valence-corrected chi connectivity index (χ4v) is 1.64. The molecule has 1 nitrogen and oxygen atoms in total. The summed E-state index contributed by atoms with van der Waals surface area (Å²) in [5.41, 5.74) is 1.23. The van der Waals surface area contributed by atoms with Gasteiger partial charge in [-0.25, -0.2) is 4.98 Å². The van der Waals surface area contributed by atoms with E-state index in [2.05, 4.69) is 40.0 Å². The molecule has 1 aromatic heterocycles. The van der Waals surface area contributed by atoms with E-state index in [1.165, 1.54) is 5.56 Å². The Morgan fingerprint density at radius 2 is 2.36 bits per heavy atom. The second-order valence-electron chi connectivity index (χ2n) is 2.07. The fourth-order valence-electron chi connectivity index (χ4n) is 0.723. The molecule has 0 N–H and O–H groups in total. The minimum Gasteiger partial charge on any atom is -0.250 e. The minimum atomic E-state index is 0.886. The molecule has 0 amide bonds. The number of hydrogen-bond acceptors (Lipinski definition) is 2. The third-order valence-electron chi connectivity index (χ3n) is 1.24.